The van der Waals surface area contributed by atoms with Gasteiger partial charge in [-0.25, -0.2) is 0 Å². The molecule has 0 atom stereocenters. The molecule has 192 valence electrons. The summed E-state index contributed by atoms with van der Waals surface area (Å²) in [6.07, 6.45) is 10.8. The van der Waals surface area contributed by atoms with Crippen molar-refractivity contribution in [1.29, 1.82) is 0 Å². The second-order valence-corrected chi connectivity index (χ2v) is 10.0. The van der Waals surface area contributed by atoms with E-state index in [1.54, 1.807) is 18.2 Å². The highest BCUT2D eigenvalue weighted by atomic mass is 32.2. The van der Waals surface area contributed by atoms with Crippen LogP contribution in [0.3, 0.4) is 0 Å². The van der Waals surface area contributed by atoms with Gasteiger partial charge in [0, 0.05) is 23.0 Å². The Labute approximate surface area is 210 Å². The topological polar surface area (TPSA) is 130 Å². The zero-order valence-electron chi connectivity index (χ0n) is 20.3. The number of phenols is 1. The maximum Gasteiger partial charge on any atom is 0.295 e. The van der Waals surface area contributed by atoms with Crippen molar-refractivity contribution in [3.8, 4) is 5.75 Å². The summed E-state index contributed by atoms with van der Waals surface area (Å²) in [4.78, 5) is 15.6. The molecule has 3 N–H and O–H groups in total. The van der Waals surface area contributed by atoms with Crippen molar-refractivity contribution >= 4 is 31.9 Å². The molecule has 2 aromatic heterocycles. The van der Waals surface area contributed by atoms with E-state index in [0.29, 0.717) is 16.6 Å². The van der Waals surface area contributed by atoms with Gasteiger partial charge in [0.2, 0.25) is 0 Å². The minimum Gasteiger partial charge on any atom is -0.506 e. The summed E-state index contributed by atoms with van der Waals surface area (Å²) in [6, 6.07) is 14.1. The number of aromatic nitrogens is 2. The van der Waals surface area contributed by atoms with Gasteiger partial charge in [-0.15, -0.1) is 0 Å². The van der Waals surface area contributed by atoms with Crippen LogP contribution >= 0.6 is 0 Å². The van der Waals surface area contributed by atoms with Gasteiger partial charge < -0.3 is 10.3 Å². The Morgan fingerprint density at radius 1 is 0.889 bits per heavy atom. The quantitative estimate of drug-likeness (QED) is 0.149. The number of phenolic OH excluding ortho intramolecular Hbond substituents is 1. The summed E-state index contributed by atoms with van der Waals surface area (Å²) in [6.45, 7) is 2.22. The highest BCUT2D eigenvalue weighted by molar-refractivity contribution is 7.86. The molecule has 0 radical (unpaired) electrons. The fourth-order valence-electron chi connectivity index (χ4n) is 4.11. The monoisotopic (exact) mass is 512 g/mol. The van der Waals surface area contributed by atoms with Crippen LogP contribution in [0.25, 0.3) is 21.8 Å². The first-order chi connectivity index (χ1) is 17.2. The molecule has 0 aliphatic rings. The molecule has 9 heteroatoms. The van der Waals surface area contributed by atoms with Crippen molar-refractivity contribution in [2.45, 2.75) is 63.2 Å². The van der Waals surface area contributed by atoms with Gasteiger partial charge >= 0.3 is 0 Å². The van der Waals surface area contributed by atoms with E-state index in [4.69, 9.17) is 4.55 Å². The molecule has 0 fully saturated rings. The number of para-hydroxylation sites is 1. The molecule has 4 rings (SSSR count). The van der Waals surface area contributed by atoms with Crippen molar-refractivity contribution in [3.63, 3.8) is 0 Å². The van der Waals surface area contributed by atoms with E-state index in [1.807, 2.05) is 12.1 Å². The van der Waals surface area contributed by atoms with Crippen LogP contribution in [0.15, 0.2) is 70.5 Å². The van der Waals surface area contributed by atoms with Crippen LogP contribution < -0.4 is 5.43 Å². The van der Waals surface area contributed by atoms with Crippen LogP contribution in [0.2, 0.25) is 0 Å². The lowest BCUT2D eigenvalue weighted by Crippen LogP contribution is -2.12. The van der Waals surface area contributed by atoms with Gasteiger partial charge in [0.1, 0.15) is 16.2 Å². The third-order valence-corrected chi connectivity index (χ3v) is 6.90. The largest absolute Gasteiger partial charge is 0.506 e. The predicted octanol–water partition coefficient (Wildman–Crippen LogP) is 5.72. The van der Waals surface area contributed by atoms with Gasteiger partial charge in [0.25, 0.3) is 10.1 Å². The van der Waals surface area contributed by atoms with Gasteiger partial charge in [0.15, 0.2) is 5.43 Å². The molecule has 0 bridgehead atoms. The number of fused-ring (bicyclic) bond motifs is 2. The Morgan fingerprint density at radius 2 is 1.56 bits per heavy atom. The van der Waals surface area contributed by atoms with E-state index in [9.17, 15) is 23.5 Å². The number of nitrogens with zero attached hydrogens (tertiary/aromatic N) is 2. The maximum absolute atomic E-state index is 12.0. The predicted molar refractivity (Wildman–Crippen MR) is 140 cm³/mol. The van der Waals surface area contributed by atoms with Crippen LogP contribution in [0.5, 0.6) is 5.75 Å². The zero-order chi connectivity index (χ0) is 26.1. The van der Waals surface area contributed by atoms with Crippen molar-refractivity contribution in [2.75, 3.05) is 0 Å². The number of hydrogen-bond acceptors (Lipinski definition) is 6. The molecule has 36 heavy (non-hydrogen) atoms. The first-order valence-corrected chi connectivity index (χ1v) is 13.5. The number of benzene rings is 2. The first kappa shape index (κ1) is 27.2. The van der Waals surface area contributed by atoms with Crippen LogP contribution in [0, 0.1) is 0 Å². The van der Waals surface area contributed by atoms with Crippen LogP contribution in [-0.4, -0.2) is 33.0 Å². The molecule has 4 aromatic rings. The summed E-state index contributed by atoms with van der Waals surface area (Å²) >= 11 is 0. The van der Waals surface area contributed by atoms with Crippen molar-refractivity contribution < 1.29 is 23.3 Å². The Bertz CT molecular complexity index is 1480. The summed E-state index contributed by atoms with van der Waals surface area (Å²) < 4.78 is 32.1. The van der Waals surface area contributed by atoms with Gasteiger partial charge in [-0.3, -0.25) is 14.3 Å². The normalized spacial score (nSPS) is 11.4. The van der Waals surface area contributed by atoms with Gasteiger partial charge in [-0.2, -0.15) is 13.1 Å². The van der Waals surface area contributed by atoms with Gasteiger partial charge in [-0.05, 0) is 49.2 Å². The molecule has 0 spiro atoms. The molecule has 2 heterocycles. The lowest BCUT2D eigenvalue weighted by atomic mass is 10.1. The number of rotatable bonds is 9. The maximum atomic E-state index is 12.0. The fourth-order valence-corrected chi connectivity index (χ4v) is 4.79. The van der Waals surface area contributed by atoms with E-state index in [-0.39, 0.29) is 27.0 Å². The molecule has 0 aliphatic carbocycles. The first-order valence-electron chi connectivity index (χ1n) is 12.1. The second-order valence-electron chi connectivity index (χ2n) is 8.66. The Hall–Kier alpha value is -3.43. The van der Waals surface area contributed by atoms with Crippen LogP contribution in [0.4, 0.5) is 0 Å². The number of hydrogen-bond donors (Lipinski definition) is 3. The van der Waals surface area contributed by atoms with Gasteiger partial charge in [0.05, 0.1) is 11.2 Å². The van der Waals surface area contributed by atoms with E-state index >= 15 is 0 Å². The van der Waals surface area contributed by atoms with E-state index in [0.717, 1.165) is 25.3 Å². The number of aryl methyl sites for hydroxylation is 1. The third-order valence-electron chi connectivity index (χ3n) is 5.99. The average molecular weight is 513 g/mol. The van der Waals surface area contributed by atoms with E-state index in [1.165, 1.54) is 61.2 Å². The summed E-state index contributed by atoms with van der Waals surface area (Å²) in [7, 11) is -4.30. The number of aromatic hydroxyl groups is 1. The van der Waals surface area contributed by atoms with Crippen LogP contribution in [0.1, 0.15) is 57.6 Å². The molecule has 0 saturated carbocycles. The summed E-state index contributed by atoms with van der Waals surface area (Å²) in [5, 5.41) is 20.4. The standard InChI is InChI=1S/C18H25NO2.C9H7NO4S/c1-2-3-4-5-6-7-8-11-15-14-18(20)16-12-9-10-13-17(16)19(15)21;11-7-3-4-8(15(12,13)14)6-2-1-5-10-9(6)7/h9-10,12-14,21H,2-8,11H2,1H3;1-5,11H,(H,12,13,14). The highest BCUT2D eigenvalue weighted by Crippen LogP contribution is 2.28. The smallest absolute Gasteiger partial charge is 0.295 e. The third kappa shape index (κ3) is 6.83. The molecule has 0 unspecified atom stereocenters. The molecule has 0 aliphatic heterocycles. The minimum absolute atomic E-state index is 0.00570. The Balaban J connectivity index is 0.000000212. The Kier molecular flexibility index (Phi) is 9.44. The van der Waals surface area contributed by atoms with Crippen molar-refractivity contribution in [3.05, 3.63) is 76.7 Å². The van der Waals surface area contributed by atoms with E-state index in [2.05, 4.69) is 11.9 Å². The SMILES string of the molecule is CCCCCCCCCc1cc(=O)c2ccccc2n1O.O=S(=O)(O)c1ccc(O)c2ncccc12. The van der Waals surface area contributed by atoms with E-state index < -0.39 is 10.1 Å². The Morgan fingerprint density at radius 3 is 2.28 bits per heavy atom. The molecule has 2 aromatic carbocycles. The zero-order valence-corrected chi connectivity index (χ0v) is 21.1. The minimum atomic E-state index is -4.30. The van der Waals surface area contributed by atoms with Crippen LogP contribution in [-0.2, 0) is 16.5 Å². The van der Waals surface area contributed by atoms with Crippen molar-refractivity contribution in [2.24, 2.45) is 0 Å². The van der Waals surface area contributed by atoms with Gasteiger partial charge in [-0.1, -0.05) is 57.6 Å². The summed E-state index contributed by atoms with van der Waals surface area (Å²) in [5.41, 5.74) is 1.46. The molecule has 8 nitrogen and oxygen atoms in total. The number of pyridine rings is 2. The lowest BCUT2D eigenvalue weighted by Gasteiger charge is -2.10. The average Bonchev–Trinajstić information content (AvgIpc) is 2.86. The van der Waals surface area contributed by atoms with Crippen molar-refractivity contribution in [1.82, 2.24) is 9.71 Å². The molecular formula is C27H32N2O6S. The molecular weight excluding hydrogens is 480 g/mol. The lowest BCUT2D eigenvalue weighted by molar-refractivity contribution is 0.187. The molecule has 0 amide bonds. The highest BCUT2D eigenvalue weighted by Gasteiger charge is 2.15. The number of unbranched alkanes of at least 4 members (excludes halogenated alkanes) is 6. The summed E-state index contributed by atoms with van der Waals surface area (Å²) in [5.74, 6) is -0.127. The fraction of sp³-hybridized carbons (Fsp3) is 0.333. The molecule has 0 saturated heterocycles. The second kappa shape index (κ2) is 12.5.